The highest BCUT2D eigenvalue weighted by molar-refractivity contribution is 14.0. The number of hydrogen-bond acceptors (Lipinski definition) is 6. The van der Waals surface area contributed by atoms with Gasteiger partial charge in [0.2, 0.25) is 0 Å². The van der Waals surface area contributed by atoms with Crippen molar-refractivity contribution < 1.29 is 9.47 Å². The van der Waals surface area contributed by atoms with Crippen LogP contribution in [0.2, 0.25) is 0 Å². The fraction of sp³-hybridized carbons (Fsp3) is 0.682. The number of ether oxygens (including phenoxy) is 2. The first kappa shape index (κ1) is 24.3. The van der Waals surface area contributed by atoms with Crippen molar-refractivity contribution in [2.45, 2.75) is 12.6 Å². The number of methoxy groups -OCH3 is 2. The fourth-order valence-electron chi connectivity index (χ4n) is 4.82. The lowest BCUT2D eigenvalue weighted by Crippen LogP contribution is -2.64. The molecule has 0 aliphatic carbocycles. The van der Waals surface area contributed by atoms with Gasteiger partial charge in [0.05, 0.1) is 14.2 Å². The third kappa shape index (κ3) is 5.94. The van der Waals surface area contributed by atoms with Gasteiger partial charge in [-0.3, -0.25) is 19.7 Å². The van der Waals surface area contributed by atoms with Crippen LogP contribution in [-0.4, -0.2) is 118 Å². The maximum absolute atomic E-state index is 5.54. The van der Waals surface area contributed by atoms with E-state index in [2.05, 4.69) is 36.0 Å². The summed E-state index contributed by atoms with van der Waals surface area (Å²) in [5.41, 5.74) is 1.17. The van der Waals surface area contributed by atoms with Gasteiger partial charge in [0.1, 0.15) is 11.5 Å². The second-order valence-electron chi connectivity index (χ2n) is 8.36. The van der Waals surface area contributed by atoms with Gasteiger partial charge >= 0.3 is 0 Å². The van der Waals surface area contributed by atoms with E-state index < -0.39 is 0 Å². The van der Waals surface area contributed by atoms with Crippen LogP contribution >= 0.6 is 24.0 Å². The van der Waals surface area contributed by atoms with E-state index in [1.54, 1.807) is 14.2 Å². The van der Waals surface area contributed by atoms with E-state index in [-0.39, 0.29) is 24.0 Å². The average molecular weight is 544 g/mol. The molecule has 1 unspecified atom stereocenters. The molecule has 8 nitrogen and oxygen atoms in total. The second-order valence-corrected chi connectivity index (χ2v) is 8.36. The number of fused-ring (bicyclic) bond motifs is 3. The van der Waals surface area contributed by atoms with Gasteiger partial charge in [-0.05, 0) is 18.2 Å². The molecule has 5 rings (SSSR count). The zero-order valence-corrected chi connectivity index (χ0v) is 21.4. The van der Waals surface area contributed by atoms with E-state index in [0.717, 1.165) is 56.7 Å². The molecular formula is C22H37IN6O2. The Hall–Kier alpha value is -1.30. The lowest BCUT2D eigenvalue weighted by Gasteiger charge is -2.47. The number of piperazine rings is 4. The summed E-state index contributed by atoms with van der Waals surface area (Å²) >= 11 is 0. The van der Waals surface area contributed by atoms with Gasteiger partial charge < -0.3 is 19.7 Å². The third-order valence-corrected chi connectivity index (χ3v) is 6.65. The molecule has 9 heteroatoms. The highest BCUT2D eigenvalue weighted by atomic mass is 127. The van der Waals surface area contributed by atoms with Crippen molar-refractivity contribution in [1.82, 2.24) is 24.9 Å². The van der Waals surface area contributed by atoms with Crippen LogP contribution in [0.1, 0.15) is 5.56 Å². The fourth-order valence-corrected chi connectivity index (χ4v) is 4.82. The van der Waals surface area contributed by atoms with E-state index >= 15 is 0 Å². The molecule has 0 aromatic heterocycles. The predicted molar refractivity (Wildman–Crippen MR) is 135 cm³/mol. The van der Waals surface area contributed by atoms with Crippen molar-refractivity contribution in [3.05, 3.63) is 23.8 Å². The molecule has 1 aromatic carbocycles. The van der Waals surface area contributed by atoms with Crippen LogP contribution < -0.4 is 14.8 Å². The number of nitrogens with one attached hydrogen (secondary N) is 1. The minimum absolute atomic E-state index is 0. The van der Waals surface area contributed by atoms with Crippen molar-refractivity contribution in [1.29, 1.82) is 0 Å². The Morgan fingerprint density at radius 1 is 1.03 bits per heavy atom. The van der Waals surface area contributed by atoms with Crippen LogP contribution in [0.4, 0.5) is 0 Å². The third-order valence-electron chi connectivity index (χ3n) is 6.65. The maximum Gasteiger partial charge on any atom is 0.193 e. The first-order valence-electron chi connectivity index (χ1n) is 11.1. The molecule has 31 heavy (non-hydrogen) atoms. The number of hydrogen-bond donors (Lipinski definition) is 1. The van der Waals surface area contributed by atoms with E-state index in [0.29, 0.717) is 6.04 Å². The average Bonchev–Trinajstić information content (AvgIpc) is 2.81. The van der Waals surface area contributed by atoms with Crippen LogP contribution in [0.15, 0.2) is 23.2 Å². The van der Waals surface area contributed by atoms with Crippen molar-refractivity contribution in [2.75, 3.05) is 86.7 Å². The van der Waals surface area contributed by atoms with E-state index in [4.69, 9.17) is 9.47 Å². The van der Waals surface area contributed by atoms with Crippen molar-refractivity contribution in [3.63, 3.8) is 0 Å². The molecule has 4 aliphatic rings. The van der Waals surface area contributed by atoms with Crippen molar-refractivity contribution in [2.24, 2.45) is 4.99 Å². The highest BCUT2D eigenvalue weighted by Crippen LogP contribution is 2.25. The quantitative estimate of drug-likeness (QED) is 0.326. The Labute approximate surface area is 203 Å². The predicted octanol–water partition coefficient (Wildman–Crippen LogP) is 1.01. The van der Waals surface area contributed by atoms with Gasteiger partial charge in [-0.1, -0.05) is 0 Å². The second kappa shape index (κ2) is 11.5. The molecular weight excluding hydrogens is 507 g/mol. The molecule has 0 spiro atoms. The summed E-state index contributed by atoms with van der Waals surface area (Å²) in [6, 6.07) is 6.61. The lowest BCUT2D eigenvalue weighted by molar-refractivity contribution is 0.0151. The molecule has 4 heterocycles. The van der Waals surface area contributed by atoms with Gasteiger partial charge in [0, 0.05) is 90.6 Å². The van der Waals surface area contributed by atoms with E-state index in [1.165, 1.54) is 38.3 Å². The maximum atomic E-state index is 5.54. The highest BCUT2D eigenvalue weighted by Gasteiger charge is 2.32. The minimum Gasteiger partial charge on any atom is -0.497 e. The van der Waals surface area contributed by atoms with Crippen LogP contribution in [0, 0.1) is 0 Å². The lowest BCUT2D eigenvalue weighted by atomic mass is 10.1. The molecule has 4 saturated heterocycles. The first-order valence-corrected chi connectivity index (χ1v) is 11.1. The monoisotopic (exact) mass is 544 g/mol. The topological polar surface area (TPSA) is 55.8 Å². The van der Waals surface area contributed by atoms with Crippen molar-refractivity contribution >= 4 is 29.9 Å². The Morgan fingerprint density at radius 3 is 2.35 bits per heavy atom. The number of halogens is 1. The van der Waals surface area contributed by atoms with Crippen LogP contribution in [0.25, 0.3) is 0 Å². The molecule has 0 saturated carbocycles. The SMILES string of the molecule is CN=C(NCC1CN2CCN1CC2)N1CCN(Cc2cc(OC)ccc2OC)CC1.I. The minimum atomic E-state index is 0. The van der Waals surface area contributed by atoms with Gasteiger partial charge in [-0.15, -0.1) is 24.0 Å². The van der Waals surface area contributed by atoms with Gasteiger partial charge in [-0.2, -0.15) is 0 Å². The van der Waals surface area contributed by atoms with Crippen LogP contribution in [-0.2, 0) is 6.54 Å². The Balaban J connectivity index is 0.00000272. The summed E-state index contributed by atoms with van der Waals surface area (Å²) in [5, 5.41) is 3.64. The largest absolute Gasteiger partial charge is 0.497 e. The molecule has 0 radical (unpaired) electrons. The summed E-state index contributed by atoms with van der Waals surface area (Å²) in [5.74, 6) is 2.83. The van der Waals surface area contributed by atoms with Crippen LogP contribution in [0.5, 0.6) is 11.5 Å². The van der Waals surface area contributed by atoms with E-state index in [9.17, 15) is 0 Å². The zero-order valence-electron chi connectivity index (χ0n) is 19.0. The summed E-state index contributed by atoms with van der Waals surface area (Å²) in [6.45, 7) is 11.9. The molecule has 2 bridgehead atoms. The number of guanidine groups is 1. The Kier molecular flexibility index (Phi) is 9.06. The number of aliphatic imine (C=N–C) groups is 1. The first-order chi connectivity index (χ1) is 14.7. The van der Waals surface area contributed by atoms with Gasteiger partial charge in [-0.25, -0.2) is 0 Å². The Morgan fingerprint density at radius 2 is 1.77 bits per heavy atom. The molecule has 1 aromatic rings. The Bertz CT molecular complexity index is 733. The smallest absolute Gasteiger partial charge is 0.193 e. The van der Waals surface area contributed by atoms with Crippen LogP contribution in [0.3, 0.4) is 0 Å². The molecule has 4 aliphatic heterocycles. The van der Waals surface area contributed by atoms with Gasteiger partial charge in [0.25, 0.3) is 0 Å². The summed E-state index contributed by atoms with van der Waals surface area (Å²) < 4.78 is 10.9. The normalized spacial score (nSPS) is 26.4. The number of rotatable bonds is 6. The molecule has 174 valence electrons. The molecule has 0 amide bonds. The summed E-state index contributed by atoms with van der Waals surface area (Å²) in [6.07, 6.45) is 0. The molecule has 4 fully saturated rings. The number of nitrogens with zero attached hydrogens (tertiary/aromatic N) is 5. The zero-order chi connectivity index (χ0) is 20.9. The van der Waals surface area contributed by atoms with E-state index in [1.807, 2.05) is 19.2 Å². The standard InChI is InChI=1S/C22H36N6O2.HI/c1-23-22(24-15-19-17-26-6-10-27(19)11-7-26)28-12-8-25(9-13-28)16-18-14-20(29-2)4-5-21(18)30-3;/h4-5,14,19H,6-13,15-17H2,1-3H3,(H,23,24);1H. The molecule has 1 atom stereocenters. The van der Waals surface area contributed by atoms with Crippen molar-refractivity contribution in [3.8, 4) is 11.5 Å². The summed E-state index contributed by atoms with van der Waals surface area (Å²) in [7, 11) is 5.33. The number of benzene rings is 1. The van der Waals surface area contributed by atoms with Gasteiger partial charge in [0.15, 0.2) is 5.96 Å². The summed E-state index contributed by atoms with van der Waals surface area (Å²) in [4.78, 5) is 14.6. The molecule has 1 N–H and O–H groups in total.